The molecule has 0 bridgehead atoms. The van der Waals surface area contributed by atoms with Crippen molar-refractivity contribution in [2.24, 2.45) is 0 Å². The van der Waals surface area contributed by atoms with Gasteiger partial charge in [-0.1, -0.05) is 0 Å². The second-order valence-electron chi connectivity index (χ2n) is 5.00. The number of hydrogen-bond donors (Lipinski definition) is 2. The minimum atomic E-state index is -0.422. The summed E-state index contributed by atoms with van der Waals surface area (Å²) in [4.78, 5) is 22.5. The average molecular weight is 370 g/mol. The molecule has 0 amide bonds. The van der Waals surface area contributed by atoms with Crippen molar-refractivity contribution in [3.63, 3.8) is 0 Å². The molecule has 6 nitrogen and oxygen atoms in total. The molecule has 2 N–H and O–H groups in total. The molecule has 0 aromatic carbocycles. The summed E-state index contributed by atoms with van der Waals surface area (Å²) in [6, 6.07) is 2.62. The summed E-state index contributed by atoms with van der Waals surface area (Å²) in [5, 5.41) is 18.2. The molecule has 2 aromatic heterocycles. The largest absolute Gasteiger partial charge is 0.502 e. The smallest absolute Gasteiger partial charge is 0.226 e. The van der Waals surface area contributed by atoms with Gasteiger partial charge in [-0.2, -0.15) is 23.5 Å². The van der Waals surface area contributed by atoms with Crippen LogP contribution in [-0.2, 0) is 11.5 Å². The highest BCUT2D eigenvalue weighted by molar-refractivity contribution is 7.98. The first-order chi connectivity index (χ1) is 11.6. The summed E-state index contributed by atoms with van der Waals surface area (Å²) < 4.78 is 10.2. The van der Waals surface area contributed by atoms with E-state index in [0.717, 1.165) is 36.9 Å². The van der Waals surface area contributed by atoms with Gasteiger partial charge in [0.25, 0.3) is 0 Å². The van der Waals surface area contributed by atoms with E-state index in [1.54, 1.807) is 23.5 Å². The molecular weight excluding hydrogens is 352 g/mol. The standard InChI is InChI=1S/C16H18O6S2/c17-13-5-11(21-7-15(13)19)9-23-3-1-2-4-24-10-12-6-14(18)16(20)8-22-12/h5-8,19-20H,1-4,9-10H2. The van der Waals surface area contributed by atoms with Gasteiger partial charge in [0.2, 0.25) is 10.9 Å². The van der Waals surface area contributed by atoms with E-state index in [9.17, 15) is 9.59 Å². The van der Waals surface area contributed by atoms with Crippen molar-refractivity contribution in [3.8, 4) is 11.5 Å². The highest BCUT2D eigenvalue weighted by Gasteiger charge is 2.03. The zero-order chi connectivity index (χ0) is 17.4. The maximum absolute atomic E-state index is 11.2. The normalized spacial score (nSPS) is 10.8. The lowest BCUT2D eigenvalue weighted by Gasteiger charge is -2.03. The lowest BCUT2D eigenvalue weighted by molar-refractivity contribution is 0.419. The molecule has 0 saturated heterocycles. The highest BCUT2D eigenvalue weighted by Crippen LogP contribution is 2.17. The van der Waals surface area contributed by atoms with E-state index in [-0.39, 0.29) is 11.5 Å². The van der Waals surface area contributed by atoms with Gasteiger partial charge in [0, 0.05) is 12.1 Å². The molecular formula is C16H18O6S2. The van der Waals surface area contributed by atoms with Crippen molar-refractivity contribution in [1.29, 1.82) is 0 Å². The van der Waals surface area contributed by atoms with E-state index in [1.807, 2.05) is 0 Å². The molecule has 2 aromatic rings. The van der Waals surface area contributed by atoms with E-state index in [2.05, 4.69) is 0 Å². The van der Waals surface area contributed by atoms with E-state index >= 15 is 0 Å². The number of aromatic hydroxyl groups is 2. The molecule has 0 saturated carbocycles. The Morgan fingerprint density at radius 1 is 0.792 bits per heavy atom. The molecule has 2 rings (SSSR count). The third-order valence-corrected chi connectivity index (χ3v) is 5.18. The maximum atomic E-state index is 11.2. The lowest BCUT2D eigenvalue weighted by Crippen LogP contribution is -1.99. The first-order valence-corrected chi connectivity index (χ1v) is 9.64. The summed E-state index contributed by atoms with van der Waals surface area (Å²) >= 11 is 3.34. The van der Waals surface area contributed by atoms with E-state index in [0.29, 0.717) is 23.0 Å². The van der Waals surface area contributed by atoms with E-state index in [4.69, 9.17) is 19.0 Å². The van der Waals surface area contributed by atoms with E-state index in [1.165, 1.54) is 12.1 Å². The molecule has 130 valence electrons. The van der Waals surface area contributed by atoms with Crippen molar-refractivity contribution in [2.75, 3.05) is 11.5 Å². The minimum absolute atomic E-state index is 0.370. The summed E-state index contributed by atoms with van der Waals surface area (Å²) in [5.41, 5.74) is -0.844. The SMILES string of the molecule is O=c1cc(CSCCCCSCc2cc(=O)c(O)co2)occ1O. The van der Waals surface area contributed by atoms with Crippen molar-refractivity contribution in [3.05, 3.63) is 56.6 Å². The average Bonchev–Trinajstić information content (AvgIpc) is 2.56. The first kappa shape index (κ1) is 18.5. The van der Waals surface area contributed by atoms with Crippen LogP contribution in [0.25, 0.3) is 0 Å². The fourth-order valence-corrected chi connectivity index (χ4v) is 3.60. The van der Waals surface area contributed by atoms with Gasteiger partial charge >= 0.3 is 0 Å². The minimum Gasteiger partial charge on any atom is -0.502 e. The Labute approximate surface area is 146 Å². The molecule has 0 aliphatic heterocycles. The maximum Gasteiger partial charge on any atom is 0.226 e. The Kier molecular flexibility index (Phi) is 7.33. The number of rotatable bonds is 9. The van der Waals surface area contributed by atoms with Crippen LogP contribution in [0.15, 0.2) is 43.1 Å². The number of hydrogen-bond acceptors (Lipinski definition) is 8. The van der Waals surface area contributed by atoms with Crippen molar-refractivity contribution < 1.29 is 19.0 Å². The number of thioether (sulfide) groups is 2. The Morgan fingerprint density at radius 2 is 1.21 bits per heavy atom. The second-order valence-corrected chi connectivity index (χ2v) is 7.21. The van der Waals surface area contributed by atoms with Gasteiger partial charge in [0.15, 0.2) is 11.5 Å². The summed E-state index contributed by atoms with van der Waals surface area (Å²) in [6.45, 7) is 0. The summed E-state index contributed by atoms with van der Waals surface area (Å²) in [6.07, 6.45) is 4.19. The predicted molar refractivity (Wildman–Crippen MR) is 94.8 cm³/mol. The Bertz CT molecular complexity index is 702. The summed E-state index contributed by atoms with van der Waals surface area (Å²) in [7, 11) is 0. The second kappa shape index (κ2) is 9.48. The molecule has 0 spiro atoms. The third kappa shape index (κ3) is 6.01. The van der Waals surface area contributed by atoms with Crippen LogP contribution in [0.4, 0.5) is 0 Å². The molecule has 0 fully saturated rings. The lowest BCUT2D eigenvalue weighted by atomic mass is 10.4. The Hall–Kier alpha value is -1.80. The fourth-order valence-electron chi connectivity index (χ4n) is 1.79. The first-order valence-electron chi connectivity index (χ1n) is 7.33. The van der Waals surface area contributed by atoms with Crippen LogP contribution in [0, 0.1) is 0 Å². The summed E-state index contributed by atoms with van der Waals surface area (Å²) in [5.74, 6) is 3.45. The third-order valence-electron chi connectivity index (χ3n) is 3.05. The molecule has 2 heterocycles. The van der Waals surface area contributed by atoms with Crippen LogP contribution in [0.5, 0.6) is 11.5 Å². The van der Waals surface area contributed by atoms with Crippen LogP contribution < -0.4 is 10.9 Å². The van der Waals surface area contributed by atoms with Gasteiger partial charge in [-0.15, -0.1) is 0 Å². The zero-order valence-electron chi connectivity index (χ0n) is 12.9. The number of unbranched alkanes of at least 4 members (excludes halogenated alkanes) is 1. The van der Waals surface area contributed by atoms with Gasteiger partial charge in [-0.3, -0.25) is 9.59 Å². The zero-order valence-corrected chi connectivity index (χ0v) is 14.5. The van der Waals surface area contributed by atoms with Crippen LogP contribution in [0.2, 0.25) is 0 Å². The predicted octanol–water partition coefficient (Wildman–Crippen LogP) is 2.95. The Balaban J connectivity index is 1.55. The van der Waals surface area contributed by atoms with Crippen LogP contribution in [-0.4, -0.2) is 21.7 Å². The molecule has 0 aliphatic carbocycles. The van der Waals surface area contributed by atoms with Crippen LogP contribution >= 0.6 is 23.5 Å². The highest BCUT2D eigenvalue weighted by atomic mass is 32.2. The van der Waals surface area contributed by atoms with Crippen molar-refractivity contribution in [2.45, 2.75) is 24.3 Å². The van der Waals surface area contributed by atoms with Gasteiger partial charge in [0.05, 0.1) is 11.5 Å². The fraction of sp³-hybridized carbons (Fsp3) is 0.375. The van der Waals surface area contributed by atoms with Gasteiger partial charge in [-0.25, -0.2) is 0 Å². The Morgan fingerprint density at radius 3 is 1.58 bits per heavy atom. The molecule has 24 heavy (non-hydrogen) atoms. The molecule has 0 radical (unpaired) electrons. The molecule has 0 aliphatic rings. The van der Waals surface area contributed by atoms with Crippen molar-refractivity contribution in [1.82, 2.24) is 0 Å². The topological polar surface area (TPSA) is 101 Å². The van der Waals surface area contributed by atoms with Crippen LogP contribution in [0.3, 0.4) is 0 Å². The monoisotopic (exact) mass is 370 g/mol. The van der Waals surface area contributed by atoms with Gasteiger partial charge < -0.3 is 19.0 Å². The van der Waals surface area contributed by atoms with Gasteiger partial charge in [0.1, 0.15) is 24.0 Å². The van der Waals surface area contributed by atoms with E-state index < -0.39 is 10.9 Å². The quantitative estimate of drug-likeness (QED) is 0.650. The molecule has 0 atom stereocenters. The molecule has 0 unspecified atom stereocenters. The van der Waals surface area contributed by atoms with Gasteiger partial charge in [-0.05, 0) is 24.3 Å². The van der Waals surface area contributed by atoms with Crippen LogP contribution in [0.1, 0.15) is 24.4 Å². The molecule has 8 heteroatoms. The van der Waals surface area contributed by atoms with Crippen molar-refractivity contribution >= 4 is 23.5 Å².